The fraction of sp³-hybridized carbons (Fsp3) is 0.846. The number of ether oxygens (including phenoxy) is 1. The molecule has 6 nitrogen and oxygen atoms in total. The minimum absolute atomic E-state index is 0. The molecule has 1 spiro atoms. The van der Waals surface area contributed by atoms with E-state index in [4.69, 9.17) is 4.74 Å². The van der Waals surface area contributed by atoms with Gasteiger partial charge in [0.1, 0.15) is 0 Å². The van der Waals surface area contributed by atoms with Crippen molar-refractivity contribution in [3.05, 3.63) is 0 Å². The van der Waals surface area contributed by atoms with E-state index in [0.717, 1.165) is 45.1 Å². The summed E-state index contributed by atoms with van der Waals surface area (Å²) in [6.07, 6.45) is 2.28. The van der Waals surface area contributed by atoms with Crippen LogP contribution in [-0.4, -0.2) is 75.7 Å². The van der Waals surface area contributed by atoms with Crippen LogP contribution in [0.5, 0.6) is 0 Å². The van der Waals surface area contributed by atoms with Gasteiger partial charge in [-0.25, -0.2) is 0 Å². The highest BCUT2D eigenvalue weighted by molar-refractivity contribution is 14.0. The van der Waals surface area contributed by atoms with E-state index in [2.05, 4.69) is 15.2 Å². The maximum absolute atomic E-state index is 11.6. The van der Waals surface area contributed by atoms with Crippen molar-refractivity contribution in [3.8, 4) is 0 Å². The zero-order valence-electron chi connectivity index (χ0n) is 12.5. The van der Waals surface area contributed by atoms with Crippen molar-refractivity contribution in [3.63, 3.8) is 0 Å². The number of rotatable bonds is 2. The molecule has 7 heteroatoms. The third-order valence-electron chi connectivity index (χ3n) is 4.03. The van der Waals surface area contributed by atoms with Crippen LogP contribution in [0.1, 0.15) is 12.8 Å². The molecule has 1 amide bonds. The molecule has 2 aliphatic rings. The summed E-state index contributed by atoms with van der Waals surface area (Å²) in [6, 6.07) is 0. The third-order valence-corrected chi connectivity index (χ3v) is 4.03. The molecule has 1 unspecified atom stereocenters. The molecule has 116 valence electrons. The molecule has 0 aromatic rings. The lowest BCUT2D eigenvalue weighted by molar-refractivity contribution is -0.127. The Morgan fingerprint density at radius 3 is 2.75 bits per heavy atom. The number of carbonyl (C=O) groups excluding carboxylic acids is 1. The van der Waals surface area contributed by atoms with Gasteiger partial charge in [-0.05, 0) is 12.8 Å². The lowest BCUT2D eigenvalue weighted by Crippen LogP contribution is -2.45. The summed E-state index contributed by atoms with van der Waals surface area (Å²) in [4.78, 5) is 19.7. The monoisotopic (exact) mass is 396 g/mol. The van der Waals surface area contributed by atoms with Crippen molar-refractivity contribution >= 4 is 35.8 Å². The number of hydrogen-bond acceptors (Lipinski definition) is 3. The SMILES string of the molecule is CN=C(NCC(=O)N(C)C)N1CCC2(CCOC2)C1.I. The van der Waals surface area contributed by atoms with Crippen LogP contribution in [-0.2, 0) is 9.53 Å². The van der Waals surface area contributed by atoms with Crippen molar-refractivity contribution in [1.29, 1.82) is 0 Å². The molecule has 2 saturated heterocycles. The molecule has 1 N–H and O–H groups in total. The van der Waals surface area contributed by atoms with Gasteiger partial charge in [-0.1, -0.05) is 0 Å². The molecule has 0 aliphatic carbocycles. The zero-order valence-corrected chi connectivity index (χ0v) is 14.8. The molecule has 0 bridgehead atoms. The van der Waals surface area contributed by atoms with E-state index in [0.29, 0.717) is 12.0 Å². The predicted molar refractivity (Wildman–Crippen MR) is 89.5 cm³/mol. The Bertz CT molecular complexity index is 367. The summed E-state index contributed by atoms with van der Waals surface area (Å²) in [5, 5.41) is 3.14. The van der Waals surface area contributed by atoms with E-state index in [1.807, 2.05) is 0 Å². The van der Waals surface area contributed by atoms with Crippen molar-refractivity contribution in [1.82, 2.24) is 15.1 Å². The molecule has 1 atom stereocenters. The van der Waals surface area contributed by atoms with E-state index in [-0.39, 0.29) is 29.9 Å². The predicted octanol–water partition coefficient (Wildman–Crippen LogP) is 0.380. The first-order valence-electron chi connectivity index (χ1n) is 6.80. The van der Waals surface area contributed by atoms with Gasteiger partial charge in [-0.2, -0.15) is 0 Å². The van der Waals surface area contributed by atoms with Crippen molar-refractivity contribution in [2.24, 2.45) is 10.4 Å². The fourth-order valence-corrected chi connectivity index (χ4v) is 2.73. The molecule has 0 aromatic heterocycles. The molecule has 0 radical (unpaired) electrons. The quantitative estimate of drug-likeness (QED) is 0.417. The van der Waals surface area contributed by atoms with Crippen LogP contribution in [0.3, 0.4) is 0 Å². The molecule has 20 heavy (non-hydrogen) atoms. The highest BCUT2D eigenvalue weighted by Gasteiger charge is 2.42. The summed E-state index contributed by atoms with van der Waals surface area (Å²) in [6.45, 7) is 3.98. The van der Waals surface area contributed by atoms with Gasteiger partial charge in [0.25, 0.3) is 0 Å². The fourth-order valence-electron chi connectivity index (χ4n) is 2.73. The maximum atomic E-state index is 11.6. The van der Waals surface area contributed by atoms with Crippen LogP contribution in [0, 0.1) is 5.41 Å². The number of aliphatic imine (C=N–C) groups is 1. The number of halogens is 1. The van der Waals surface area contributed by atoms with Gasteiger partial charge < -0.3 is 19.9 Å². The molecule has 0 saturated carbocycles. The number of likely N-dealkylation sites (N-methyl/N-ethyl adjacent to an activating group) is 1. The molecule has 2 aliphatic heterocycles. The Morgan fingerprint density at radius 1 is 1.45 bits per heavy atom. The first kappa shape index (κ1) is 17.5. The molecule has 2 fully saturated rings. The van der Waals surface area contributed by atoms with E-state index >= 15 is 0 Å². The molecule has 0 aromatic carbocycles. The topological polar surface area (TPSA) is 57.2 Å². The maximum Gasteiger partial charge on any atom is 0.241 e. The standard InChI is InChI=1S/C13H24N4O2.HI/c1-14-12(15-8-11(18)16(2)3)17-6-4-13(9-17)5-7-19-10-13;/h4-10H2,1-3H3,(H,14,15);1H. The summed E-state index contributed by atoms with van der Waals surface area (Å²) in [5.41, 5.74) is 0.309. The summed E-state index contributed by atoms with van der Waals surface area (Å²) < 4.78 is 5.53. The van der Waals surface area contributed by atoms with Crippen molar-refractivity contribution in [2.75, 3.05) is 54.0 Å². The molecule has 2 rings (SSSR count). The number of hydrogen-bond donors (Lipinski definition) is 1. The van der Waals surface area contributed by atoms with Gasteiger partial charge in [-0.3, -0.25) is 9.79 Å². The minimum Gasteiger partial charge on any atom is -0.381 e. The van der Waals surface area contributed by atoms with Gasteiger partial charge >= 0.3 is 0 Å². The lowest BCUT2D eigenvalue weighted by atomic mass is 9.87. The molecular formula is C13H25IN4O2. The smallest absolute Gasteiger partial charge is 0.241 e. The number of guanidine groups is 1. The Balaban J connectivity index is 0.00000200. The van der Waals surface area contributed by atoms with Crippen molar-refractivity contribution in [2.45, 2.75) is 12.8 Å². The summed E-state index contributed by atoms with van der Waals surface area (Å²) in [7, 11) is 5.28. The van der Waals surface area contributed by atoms with Crippen LogP contribution in [0.4, 0.5) is 0 Å². The number of nitrogens with one attached hydrogen (secondary N) is 1. The van der Waals surface area contributed by atoms with Crippen molar-refractivity contribution < 1.29 is 9.53 Å². The highest BCUT2D eigenvalue weighted by Crippen LogP contribution is 2.37. The van der Waals surface area contributed by atoms with Crippen LogP contribution in [0.2, 0.25) is 0 Å². The van der Waals surface area contributed by atoms with Gasteiger partial charge in [-0.15, -0.1) is 24.0 Å². The van der Waals surface area contributed by atoms with E-state index in [9.17, 15) is 4.79 Å². The molecule has 2 heterocycles. The third kappa shape index (κ3) is 3.97. The Kier molecular flexibility index (Phi) is 6.50. The average Bonchev–Trinajstić information content (AvgIpc) is 3.01. The van der Waals surface area contributed by atoms with E-state index in [1.165, 1.54) is 0 Å². The number of amides is 1. The molecular weight excluding hydrogens is 371 g/mol. The van der Waals surface area contributed by atoms with Crippen LogP contribution < -0.4 is 5.32 Å². The summed E-state index contributed by atoms with van der Waals surface area (Å²) >= 11 is 0. The minimum atomic E-state index is 0. The van der Waals surface area contributed by atoms with Gasteiger partial charge in [0.15, 0.2) is 5.96 Å². The zero-order chi connectivity index (χ0) is 13.9. The Hall–Kier alpha value is -0.570. The van der Waals surface area contributed by atoms with Gasteiger partial charge in [0.2, 0.25) is 5.91 Å². The largest absolute Gasteiger partial charge is 0.381 e. The van der Waals surface area contributed by atoms with Crippen LogP contribution >= 0.6 is 24.0 Å². The van der Waals surface area contributed by atoms with Gasteiger partial charge in [0, 0.05) is 46.3 Å². The number of likely N-dealkylation sites (tertiary alicyclic amines) is 1. The number of nitrogens with zero attached hydrogens (tertiary/aromatic N) is 3. The summed E-state index contributed by atoms with van der Waals surface area (Å²) in [5.74, 6) is 0.873. The first-order valence-corrected chi connectivity index (χ1v) is 6.80. The normalized spacial score (nSPS) is 25.8. The number of carbonyl (C=O) groups is 1. The Labute approximate surface area is 137 Å². The van der Waals surface area contributed by atoms with E-state index in [1.54, 1.807) is 26.0 Å². The Morgan fingerprint density at radius 2 is 2.20 bits per heavy atom. The second-order valence-corrected chi connectivity index (χ2v) is 5.66. The highest BCUT2D eigenvalue weighted by atomic mass is 127. The lowest BCUT2D eigenvalue weighted by Gasteiger charge is -2.25. The second-order valence-electron chi connectivity index (χ2n) is 5.66. The van der Waals surface area contributed by atoms with Crippen LogP contribution in [0.15, 0.2) is 4.99 Å². The van der Waals surface area contributed by atoms with E-state index < -0.39 is 0 Å². The van der Waals surface area contributed by atoms with Crippen LogP contribution in [0.25, 0.3) is 0 Å². The average molecular weight is 396 g/mol. The van der Waals surface area contributed by atoms with Gasteiger partial charge in [0.05, 0.1) is 13.2 Å². The second kappa shape index (κ2) is 7.44. The first-order chi connectivity index (χ1) is 9.06.